The molecular formula is C16H24FN3O. The van der Waals surface area contributed by atoms with E-state index in [-0.39, 0.29) is 17.8 Å². The molecule has 0 radical (unpaired) electrons. The highest BCUT2D eigenvalue weighted by atomic mass is 19.1. The minimum absolute atomic E-state index is 0.0292. The van der Waals surface area contributed by atoms with E-state index in [2.05, 4.69) is 10.6 Å². The van der Waals surface area contributed by atoms with E-state index >= 15 is 0 Å². The Bertz CT molecular complexity index is 530. The summed E-state index contributed by atoms with van der Waals surface area (Å²) in [5.41, 5.74) is 0.659. The Labute approximate surface area is 125 Å². The number of amides is 1. The third kappa shape index (κ3) is 2.88. The van der Waals surface area contributed by atoms with Crippen molar-refractivity contribution in [1.29, 1.82) is 0 Å². The number of hydrogen-bond acceptors (Lipinski definition) is 3. The molecule has 1 atom stereocenters. The van der Waals surface area contributed by atoms with Gasteiger partial charge >= 0.3 is 0 Å². The molecule has 21 heavy (non-hydrogen) atoms. The van der Waals surface area contributed by atoms with Crippen molar-refractivity contribution in [3.8, 4) is 0 Å². The predicted octanol–water partition coefficient (Wildman–Crippen LogP) is 2.21. The lowest BCUT2D eigenvalue weighted by molar-refractivity contribution is -0.126. The second kappa shape index (κ2) is 6.02. The maximum atomic E-state index is 14.5. The number of benzene rings is 1. The van der Waals surface area contributed by atoms with Crippen LogP contribution in [0.2, 0.25) is 0 Å². The van der Waals surface area contributed by atoms with Crippen LogP contribution < -0.4 is 15.5 Å². The zero-order valence-corrected chi connectivity index (χ0v) is 13.2. The summed E-state index contributed by atoms with van der Waals surface area (Å²) in [5.74, 6) is -0.348. The molecule has 1 aliphatic rings. The van der Waals surface area contributed by atoms with Gasteiger partial charge in [0.25, 0.3) is 0 Å². The second-order valence-corrected chi connectivity index (χ2v) is 5.92. The van der Waals surface area contributed by atoms with Crippen LogP contribution in [0.25, 0.3) is 0 Å². The number of carbonyl (C=O) groups is 1. The van der Waals surface area contributed by atoms with Gasteiger partial charge in [0, 0.05) is 19.1 Å². The monoisotopic (exact) mass is 293 g/mol. The fraction of sp³-hybridized carbons (Fsp3) is 0.562. The summed E-state index contributed by atoms with van der Waals surface area (Å²) in [7, 11) is 0. The predicted molar refractivity (Wildman–Crippen MR) is 82.9 cm³/mol. The van der Waals surface area contributed by atoms with Gasteiger partial charge in [0.15, 0.2) is 0 Å². The second-order valence-electron chi connectivity index (χ2n) is 5.92. The summed E-state index contributed by atoms with van der Waals surface area (Å²) in [6.45, 7) is 9.63. The molecule has 0 saturated carbocycles. The smallest absolute Gasteiger partial charge is 0.245 e. The number of nitrogens with one attached hydrogen (secondary N) is 2. The number of hydrogen-bond donors (Lipinski definition) is 2. The summed E-state index contributed by atoms with van der Waals surface area (Å²) < 4.78 is 14.5. The van der Waals surface area contributed by atoms with E-state index in [0.29, 0.717) is 18.8 Å². The molecule has 1 amide bonds. The Kier molecular flexibility index (Phi) is 4.52. The van der Waals surface area contributed by atoms with Crippen LogP contribution in [0.5, 0.6) is 0 Å². The Morgan fingerprint density at radius 1 is 1.48 bits per heavy atom. The van der Waals surface area contributed by atoms with Crippen molar-refractivity contribution >= 4 is 11.6 Å². The van der Waals surface area contributed by atoms with E-state index in [0.717, 1.165) is 12.1 Å². The van der Waals surface area contributed by atoms with Crippen molar-refractivity contribution in [3.05, 3.63) is 29.6 Å². The van der Waals surface area contributed by atoms with Gasteiger partial charge in [0.1, 0.15) is 11.4 Å². The summed E-state index contributed by atoms with van der Waals surface area (Å²) in [6.07, 6.45) is 0. The van der Waals surface area contributed by atoms with E-state index in [1.807, 2.05) is 38.7 Å². The minimum atomic E-state index is -0.763. The zero-order valence-electron chi connectivity index (χ0n) is 13.2. The Morgan fingerprint density at radius 3 is 2.86 bits per heavy atom. The van der Waals surface area contributed by atoms with Crippen molar-refractivity contribution in [2.75, 3.05) is 24.5 Å². The standard InChI is InChI=1S/C16H24FN3O/c1-5-18-11(2)12-7-6-8-13(17)14(12)20-10-9-19-15(21)16(20,3)4/h6-8,11,18H,5,9-10H2,1-4H3,(H,19,21). The topological polar surface area (TPSA) is 44.4 Å². The minimum Gasteiger partial charge on any atom is -0.353 e. The quantitative estimate of drug-likeness (QED) is 0.894. The normalized spacial score (nSPS) is 19.3. The molecule has 116 valence electrons. The van der Waals surface area contributed by atoms with Gasteiger partial charge in [-0.2, -0.15) is 0 Å². The van der Waals surface area contributed by atoms with E-state index in [9.17, 15) is 9.18 Å². The molecule has 1 aromatic rings. The Balaban J connectivity index is 2.49. The van der Waals surface area contributed by atoms with Gasteiger partial charge in [-0.1, -0.05) is 19.1 Å². The van der Waals surface area contributed by atoms with Crippen molar-refractivity contribution in [3.63, 3.8) is 0 Å². The molecule has 1 aliphatic heterocycles. The average Bonchev–Trinajstić information content (AvgIpc) is 2.42. The number of anilines is 1. The molecule has 1 unspecified atom stereocenters. The number of piperazine rings is 1. The fourth-order valence-corrected chi connectivity index (χ4v) is 2.87. The van der Waals surface area contributed by atoms with Crippen molar-refractivity contribution in [1.82, 2.24) is 10.6 Å². The molecule has 0 bridgehead atoms. The van der Waals surface area contributed by atoms with Crippen LogP contribution in [0.1, 0.15) is 39.3 Å². The van der Waals surface area contributed by atoms with Gasteiger partial charge in [0.2, 0.25) is 5.91 Å². The largest absolute Gasteiger partial charge is 0.353 e. The number of carbonyl (C=O) groups excluding carboxylic acids is 1. The molecule has 0 aliphatic carbocycles. The van der Waals surface area contributed by atoms with Gasteiger partial charge in [-0.3, -0.25) is 4.79 Å². The van der Waals surface area contributed by atoms with Crippen LogP contribution in [-0.2, 0) is 4.79 Å². The molecular weight excluding hydrogens is 269 g/mol. The van der Waals surface area contributed by atoms with Crippen LogP contribution in [0.15, 0.2) is 18.2 Å². The molecule has 1 heterocycles. The molecule has 2 rings (SSSR count). The average molecular weight is 293 g/mol. The number of nitrogens with zero attached hydrogens (tertiary/aromatic N) is 1. The summed E-state index contributed by atoms with van der Waals surface area (Å²) >= 11 is 0. The first-order valence-electron chi connectivity index (χ1n) is 7.47. The van der Waals surface area contributed by atoms with Crippen molar-refractivity contribution in [2.24, 2.45) is 0 Å². The first-order valence-corrected chi connectivity index (χ1v) is 7.47. The van der Waals surface area contributed by atoms with Crippen molar-refractivity contribution < 1.29 is 9.18 Å². The number of halogens is 1. The van der Waals surface area contributed by atoms with E-state index < -0.39 is 5.54 Å². The maximum absolute atomic E-state index is 14.5. The molecule has 2 N–H and O–H groups in total. The molecule has 0 aromatic heterocycles. The highest BCUT2D eigenvalue weighted by Gasteiger charge is 2.39. The summed E-state index contributed by atoms with van der Waals surface area (Å²) in [4.78, 5) is 14.0. The molecule has 1 aromatic carbocycles. The third-order valence-corrected chi connectivity index (χ3v) is 4.12. The van der Waals surface area contributed by atoms with E-state index in [1.54, 1.807) is 6.07 Å². The first-order chi connectivity index (χ1) is 9.89. The highest BCUT2D eigenvalue weighted by molar-refractivity contribution is 5.90. The lowest BCUT2D eigenvalue weighted by Crippen LogP contribution is -2.62. The molecule has 5 heteroatoms. The number of rotatable bonds is 4. The fourth-order valence-electron chi connectivity index (χ4n) is 2.87. The summed E-state index contributed by atoms with van der Waals surface area (Å²) in [5, 5.41) is 6.16. The van der Waals surface area contributed by atoms with Crippen LogP contribution >= 0.6 is 0 Å². The van der Waals surface area contributed by atoms with Crippen LogP contribution in [-0.4, -0.2) is 31.1 Å². The van der Waals surface area contributed by atoms with Crippen LogP contribution in [0.4, 0.5) is 10.1 Å². The van der Waals surface area contributed by atoms with Gasteiger partial charge in [-0.15, -0.1) is 0 Å². The maximum Gasteiger partial charge on any atom is 0.245 e. The van der Waals surface area contributed by atoms with Crippen molar-refractivity contribution in [2.45, 2.75) is 39.3 Å². The van der Waals surface area contributed by atoms with E-state index in [4.69, 9.17) is 0 Å². The van der Waals surface area contributed by atoms with Gasteiger partial charge < -0.3 is 15.5 Å². The number of para-hydroxylation sites is 1. The third-order valence-electron chi connectivity index (χ3n) is 4.12. The lowest BCUT2D eigenvalue weighted by Gasteiger charge is -2.44. The lowest BCUT2D eigenvalue weighted by atomic mass is 9.95. The highest BCUT2D eigenvalue weighted by Crippen LogP contribution is 2.34. The molecule has 1 saturated heterocycles. The van der Waals surface area contributed by atoms with Gasteiger partial charge in [-0.25, -0.2) is 4.39 Å². The van der Waals surface area contributed by atoms with Crippen LogP contribution in [0, 0.1) is 5.82 Å². The SMILES string of the molecule is CCNC(C)c1cccc(F)c1N1CCNC(=O)C1(C)C. The molecule has 1 fully saturated rings. The van der Waals surface area contributed by atoms with E-state index in [1.165, 1.54) is 6.07 Å². The molecule has 4 nitrogen and oxygen atoms in total. The summed E-state index contributed by atoms with van der Waals surface area (Å²) in [6, 6.07) is 5.13. The Hall–Kier alpha value is -1.62. The molecule has 0 spiro atoms. The first kappa shape index (κ1) is 15.8. The zero-order chi connectivity index (χ0) is 15.6. The Morgan fingerprint density at radius 2 is 2.19 bits per heavy atom. The van der Waals surface area contributed by atoms with Gasteiger partial charge in [0.05, 0.1) is 5.69 Å². The van der Waals surface area contributed by atoms with Gasteiger partial charge in [-0.05, 0) is 38.9 Å². The van der Waals surface area contributed by atoms with Crippen LogP contribution in [0.3, 0.4) is 0 Å².